The molecule has 0 aromatic carbocycles. The minimum Gasteiger partial charge on any atom is -0.459 e. The molecule has 1 fully saturated rings. The predicted octanol–water partition coefficient (Wildman–Crippen LogP) is 1.28. The lowest BCUT2D eigenvalue weighted by atomic mass is 10.2. The van der Waals surface area contributed by atoms with Crippen LogP contribution in [0.25, 0.3) is 0 Å². The number of hydrogen-bond donors (Lipinski definition) is 1. The summed E-state index contributed by atoms with van der Waals surface area (Å²) in [6.45, 7) is 2.04. The number of nitrogens with one attached hydrogen (secondary N) is 1. The molecule has 3 heterocycles. The number of nitrogens with zero attached hydrogens (tertiary/aromatic N) is 3. The van der Waals surface area contributed by atoms with E-state index < -0.39 is 11.9 Å². The molecule has 0 radical (unpaired) electrons. The molecule has 1 saturated heterocycles. The average Bonchev–Trinajstić information content (AvgIpc) is 3.35. The minimum atomic E-state index is -0.598. The van der Waals surface area contributed by atoms with Crippen molar-refractivity contribution in [2.45, 2.75) is 25.8 Å². The molecule has 1 aliphatic rings. The molecule has 1 atom stereocenters. The van der Waals surface area contributed by atoms with Crippen molar-refractivity contribution >= 4 is 23.5 Å². The van der Waals surface area contributed by atoms with Gasteiger partial charge >= 0.3 is 0 Å². The second kappa shape index (κ2) is 7.42. The predicted molar refractivity (Wildman–Crippen MR) is 90.3 cm³/mol. The molecule has 2 aromatic heterocycles. The fourth-order valence-corrected chi connectivity index (χ4v) is 2.96. The topological polar surface area (TPSA) is 109 Å². The maximum atomic E-state index is 12.7. The van der Waals surface area contributed by atoms with Crippen LogP contribution in [0.4, 0.5) is 5.82 Å². The molecule has 0 aliphatic carbocycles. The van der Waals surface area contributed by atoms with E-state index in [1.54, 1.807) is 25.1 Å². The standard InChI is InChI=1S/C17H20N4O5/c1-11-9-14(19-26-11)18-15(22)10-20(2)16(23)12-5-3-7-21(12)17(24)13-6-4-8-25-13/h4,6,8-9,12H,3,5,7,10H2,1-2H3,(H,18,19,22). The molecule has 9 heteroatoms. The van der Waals surface area contributed by atoms with Gasteiger partial charge in [-0.25, -0.2) is 0 Å². The smallest absolute Gasteiger partial charge is 0.290 e. The SMILES string of the molecule is Cc1cc(NC(=O)CN(C)C(=O)C2CCCN2C(=O)c2ccco2)no1. The first-order valence-corrected chi connectivity index (χ1v) is 8.28. The number of anilines is 1. The van der Waals surface area contributed by atoms with Gasteiger partial charge in [0.05, 0.1) is 12.8 Å². The number of amides is 3. The van der Waals surface area contributed by atoms with Crippen LogP contribution >= 0.6 is 0 Å². The summed E-state index contributed by atoms with van der Waals surface area (Å²) >= 11 is 0. The second-order valence-corrected chi connectivity index (χ2v) is 6.20. The highest BCUT2D eigenvalue weighted by Crippen LogP contribution is 2.22. The fourth-order valence-electron chi connectivity index (χ4n) is 2.96. The van der Waals surface area contributed by atoms with Gasteiger partial charge in [-0.05, 0) is 31.9 Å². The summed E-state index contributed by atoms with van der Waals surface area (Å²) in [7, 11) is 1.53. The van der Waals surface area contributed by atoms with Crippen molar-refractivity contribution in [1.29, 1.82) is 0 Å². The summed E-state index contributed by atoms with van der Waals surface area (Å²) in [5.74, 6) is 0.0739. The summed E-state index contributed by atoms with van der Waals surface area (Å²) in [4.78, 5) is 40.1. The second-order valence-electron chi connectivity index (χ2n) is 6.20. The molecule has 0 bridgehead atoms. The molecule has 138 valence electrons. The normalized spacial score (nSPS) is 16.5. The Hall–Kier alpha value is -3.10. The first-order chi connectivity index (χ1) is 12.5. The Bertz CT molecular complexity index is 798. The monoisotopic (exact) mass is 360 g/mol. The van der Waals surface area contributed by atoms with Crippen molar-refractivity contribution in [2.24, 2.45) is 0 Å². The molecule has 1 aliphatic heterocycles. The Morgan fingerprint density at radius 1 is 1.42 bits per heavy atom. The van der Waals surface area contributed by atoms with Crippen molar-refractivity contribution in [3.05, 3.63) is 36.0 Å². The summed E-state index contributed by atoms with van der Waals surface area (Å²) in [6.07, 6.45) is 2.70. The van der Waals surface area contributed by atoms with Crippen LogP contribution in [0.3, 0.4) is 0 Å². The molecule has 1 unspecified atom stereocenters. The Balaban J connectivity index is 1.60. The molecular weight excluding hydrogens is 340 g/mol. The van der Waals surface area contributed by atoms with Gasteiger partial charge in [-0.2, -0.15) is 0 Å². The average molecular weight is 360 g/mol. The number of aromatic nitrogens is 1. The lowest BCUT2D eigenvalue weighted by Gasteiger charge is -2.27. The number of aryl methyl sites for hydroxylation is 1. The molecule has 26 heavy (non-hydrogen) atoms. The quantitative estimate of drug-likeness (QED) is 0.860. The molecule has 0 spiro atoms. The van der Waals surface area contributed by atoms with E-state index in [1.165, 1.54) is 23.1 Å². The van der Waals surface area contributed by atoms with E-state index in [1.807, 2.05) is 0 Å². The van der Waals surface area contributed by atoms with Crippen LogP contribution < -0.4 is 5.32 Å². The van der Waals surface area contributed by atoms with Gasteiger partial charge in [0.15, 0.2) is 11.6 Å². The highest BCUT2D eigenvalue weighted by molar-refractivity contribution is 5.98. The molecule has 3 rings (SSSR count). The summed E-state index contributed by atoms with van der Waals surface area (Å²) in [5, 5.41) is 6.24. The minimum absolute atomic E-state index is 0.149. The van der Waals surface area contributed by atoms with E-state index in [-0.39, 0.29) is 24.1 Å². The first-order valence-electron chi connectivity index (χ1n) is 8.28. The van der Waals surface area contributed by atoms with Gasteiger partial charge in [0, 0.05) is 19.7 Å². The van der Waals surface area contributed by atoms with Gasteiger partial charge in [-0.15, -0.1) is 0 Å². The highest BCUT2D eigenvalue weighted by atomic mass is 16.5. The van der Waals surface area contributed by atoms with Gasteiger partial charge in [-0.3, -0.25) is 14.4 Å². The zero-order valence-electron chi connectivity index (χ0n) is 14.6. The largest absolute Gasteiger partial charge is 0.459 e. The van der Waals surface area contributed by atoms with Crippen LogP contribution in [0.15, 0.2) is 33.4 Å². The summed E-state index contributed by atoms with van der Waals surface area (Å²) in [5.41, 5.74) is 0. The van der Waals surface area contributed by atoms with E-state index in [0.717, 1.165) is 6.42 Å². The maximum absolute atomic E-state index is 12.7. The van der Waals surface area contributed by atoms with Crippen molar-refractivity contribution in [3.63, 3.8) is 0 Å². The third-order valence-electron chi connectivity index (χ3n) is 4.18. The van der Waals surface area contributed by atoms with E-state index in [4.69, 9.17) is 8.94 Å². The Morgan fingerprint density at radius 2 is 2.23 bits per heavy atom. The van der Waals surface area contributed by atoms with Crippen LogP contribution in [0.1, 0.15) is 29.2 Å². The lowest BCUT2D eigenvalue weighted by molar-refractivity contribution is -0.136. The molecule has 3 amide bonds. The third kappa shape index (κ3) is 3.76. The van der Waals surface area contributed by atoms with Gasteiger partial charge in [0.1, 0.15) is 11.8 Å². The number of carbonyl (C=O) groups is 3. The van der Waals surface area contributed by atoms with Crippen molar-refractivity contribution in [2.75, 3.05) is 25.5 Å². The fraction of sp³-hybridized carbons (Fsp3) is 0.412. The van der Waals surface area contributed by atoms with E-state index in [2.05, 4.69) is 10.5 Å². The zero-order valence-corrected chi connectivity index (χ0v) is 14.6. The van der Waals surface area contributed by atoms with E-state index >= 15 is 0 Å². The van der Waals surface area contributed by atoms with Crippen molar-refractivity contribution in [1.82, 2.24) is 15.0 Å². The highest BCUT2D eigenvalue weighted by Gasteiger charge is 2.37. The number of likely N-dealkylation sites (tertiary alicyclic amines) is 1. The molecular formula is C17H20N4O5. The van der Waals surface area contributed by atoms with E-state index in [9.17, 15) is 14.4 Å². The van der Waals surface area contributed by atoms with Gasteiger partial charge in [0.2, 0.25) is 11.8 Å². The van der Waals surface area contributed by atoms with Gasteiger partial charge in [-0.1, -0.05) is 5.16 Å². The number of likely N-dealkylation sites (N-methyl/N-ethyl adjacent to an activating group) is 1. The molecule has 0 saturated carbocycles. The Kier molecular flexibility index (Phi) is 5.06. The maximum Gasteiger partial charge on any atom is 0.290 e. The third-order valence-corrected chi connectivity index (χ3v) is 4.18. The number of furan rings is 1. The van der Waals surface area contributed by atoms with Crippen LogP contribution in [-0.2, 0) is 9.59 Å². The van der Waals surface area contributed by atoms with Gasteiger partial charge in [0.25, 0.3) is 5.91 Å². The zero-order chi connectivity index (χ0) is 18.7. The molecule has 1 N–H and O–H groups in total. The number of hydrogen-bond acceptors (Lipinski definition) is 6. The lowest BCUT2D eigenvalue weighted by Crippen LogP contribution is -2.48. The van der Waals surface area contributed by atoms with Crippen molar-refractivity contribution < 1.29 is 23.3 Å². The Morgan fingerprint density at radius 3 is 2.88 bits per heavy atom. The number of rotatable bonds is 5. The summed E-state index contributed by atoms with van der Waals surface area (Å²) < 4.78 is 10.0. The van der Waals surface area contributed by atoms with Crippen LogP contribution in [-0.4, -0.2) is 58.9 Å². The first kappa shape index (κ1) is 17.7. The van der Waals surface area contributed by atoms with Crippen LogP contribution in [0.5, 0.6) is 0 Å². The van der Waals surface area contributed by atoms with Gasteiger partial charge < -0.3 is 24.1 Å². The van der Waals surface area contributed by atoms with Crippen LogP contribution in [0, 0.1) is 6.92 Å². The molecule has 9 nitrogen and oxygen atoms in total. The van der Waals surface area contributed by atoms with E-state index in [0.29, 0.717) is 24.5 Å². The summed E-state index contributed by atoms with van der Waals surface area (Å²) in [6, 6.07) is 4.18. The molecule has 2 aromatic rings. The Labute approximate surface area is 149 Å². The van der Waals surface area contributed by atoms with Crippen LogP contribution in [0.2, 0.25) is 0 Å². The number of carbonyl (C=O) groups excluding carboxylic acids is 3. The van der Waals surface area contributed by atoms with Crippen molar-refractivity contribution in [3.8, 4) is 0 Å².